The first-order valence-corrected chi connectivity index (χ1v) is 8.68. The van der Waals surface area contributed by atoms with Crippen LogP contribution in [0.1, 0.15) is 0 Å². The van der Waals surface area contributed by atoms with Crippen LogP contribution >= 0.6 is 11.6 Å². The van der Waals surface area contributed by atoms with Crippen molar-refractivity contribution in [2.45, 2.75) is 0 Å². The fraction of sp³-hybridized carbons (Fsp3) is 0.158. The van der Waals surface area contributed by atoms with Gasteiger partial charge < -0.3 is 20.1 Å². The Morgan fingerprint density at radius 1 is 1.28 bits per heavy atom. The number of ether oxygens (including phenoxy) is 2. The number of nitriles is 1. The molecular weight excluding hydrogens is 400 g/mol. The first-order valence-electron chi connectivity index (χ1n) is 8.30. The van der Waals surface area contributed by atoms with E-state index in [1.807, 2.05) is 0 Å². The first-order chi connectivity index (χ1) is 13.9. The van der Waals surface area contributed by atoms with Gasteiger partial charge >= 0.3 is 0 Å². The van der Waals surface area contributed by atoms with Gasteiger partial charge in [-0.05, 0) is 30.3 Å². The van der Waals surface area contributed by atoms with Crippen molar-refractivity contribution in [1.82, 2.24) is 5.32 Å². The summed E-state index contributed by atoms with van der Waals surface area (Å²) >= 11 is 5.94. The number of carbonyl (C=O) groups is 1. The van der Waals surface area contributed by atoms with Crippen molar-refractivity contribution in [1.29, 1.82) is 5.26 Å². The summed E-state index contributed by atoms with van der Waals surface area (Å²) in [5.74, 6) is 0.612. The summed E-state index contributed by atoms with van der Waals surface area (Å²) in [6.07, 6.45) is 1.23. The molecule has 0 radical (unpaired) electrons. The second-order valence-electron chi connectivity index (χ2n) is 5.52. The molecule has 0 aliphatic heterocycles. The summed E-state index contributed by atoms with van der Waals surface area (Å²) in [5.41, 5.74) is -0.423. The van der Waals surface area contributed by atoms with Gasteiger partial charge in [-0.25, -0.2) is 0 Å². The average molecular weight is 417 g/mol. The maximum Gasteiger partial charge on any atom is 0.271 e. The molecule has 0 bridgehead atoms. The average Bonchev–Trinajstić information content (AvgIpc) is 2.72. The minimum Gasteiger partial charge on any atom is -0.497 e. The number of nitro benzene ring substituents is 1. The summed E-state index contributed by atoms with van der Waals surface area (Å²) in [6.45, 7) is 0.627. The van der Waals surface area contributed by atoms with E-state index in [1.54, 1.807) is 37.4 Å². The monoisotopic (exact) mass is 416 g/mol. The van der Waals surface area contributed by atoms with Crippen molar-refractivity contribution in [2.75, 3.05) is 25.6 Å². The number of non-ortho nitro benzene ring substituents is 1. The van der Waals surface area contributed by atoms with E-state index in [0.29, 0.717) is 24.7 Å². The number of nitrogens with zero attached hydrogens (tertiary/aromatic N) is 2. The molecule has 2 aromatic rings. The number of amides is 1. The van der Waals surface area contributed by atoms with Gasteiger partial charge in [-0.1, -0.05) is 11.6 Å². The molecule has 0 saturated carbocycles. The standard InChI is InChI=1S/C19H17ClN4O5/c1-28-15-3-5-16(6-4-15)29-9-8-22-12-13(11-21)19(25)23-18-10-14(24(26)27)2-7-17(18)20/h2-7,10,12,22H,8-9H2,1H3,(H,23,25)/b13-12-. The topological polar surface area (TPSA) is 127 Å². The van der Waals surface area contributed by atoms with Gasteiger partial charge in [0.2, 0.25) is 0 Å². The zero-order chi connectivity index (χ0) is 21.2. The van der Waals surface area contributed by atoms with Crippen LogP contribution in [-0.4, -0.2) is 31.1 Å². The van der Waals surface area contributed by atoms with Crippen LogP contribution in [0.5, 0.6) is 11.5 Å². The molecule has 10 heteroatoms. The minimum absolute atomic E-state index is 0.0369. The summed E-state index contributed by atoms with van der Waals surface area (Å²) < 4.78 is 10.6. The number of carbonyl (C=O) groups excluding carboxylic acids is 1. The summed E-state index contributed by atoms with van der Waals surface area (Å²) in [5, 5.41) is 25.3. The Balaban J connectivity index is 1.88. The maximum absolute atomic E-state index is 12.2. The fourth-order valence-corrected chi connectivity index (χ4v) is 2.30. The Morgan fingerprint density at radius 3 is 2.59 bits per heavy atom. The maximum atomic E-state index is 12.2. The Kier molecular flexibility index (Phi) is 7.82. The number of methoxy groups -OCH3 is 1. The molecule has 2 rings (SSSR count). The lowest BCUT2D eigenvalue weighted by molar-refractivity contribution is -0.384. The van der Waals surface area contributed by atoms with Gasteiger partial charge in [0.1, 0.15) is 29.7 Å². The molecule has 2 N–H and O–H groups in total. The normalized spacial score (nSPS) is 10.6. The van der Waals surface area contributed by atoms with Crippen molar-refractivity contribution < 1.29 is 19.2 Å². The molecule has 0 aliphatic carbocycles. The number of benzene rings is 2. The van der Waals surface area contributed by atoms with Gasteiger partial charge in [0.05, 0.1) is 22.7 Å². The van der Waals surface area contributed by atoms with E-state index in [2.05, 4.69) is 10.6 Å². The van der Waals surface area contributed by atoms with Crippen LogP contribution in [0.15, 0.2) is 54.2 Å². The lowest BCUT2D eigenvalue weighted by Crippen LogP contribution is -2.20. The van der Waals surface area contributed by atoms with Gasteiger partial charge in [-0.15, -0.1) is 0 Å². The number of anilines is 1. The highest BCUT2D eigenvalue weighted by atomic mass is 35.5. The van der Waals surface area contributed by atoms with Crippen LogP contribution in [0.3, 0.4) is 0 Å². The van der Waals surface area contributed by atoms with Crippen LogP contribution in [0.25, 0.3) is 0 Å². The van der Waals surface area contributed by atoms with Crippen LogP contribution in [0, 0.1) is 21.4 Å². The molecule has 0 aliphatic rings. The number of rotatable bonds is 9. The summed E-state index contributed by atoms with van der Waals surface area (Å²) in [4.78, 5) is 22.4. The van der Waals surface area contributed by atoms with E-state index in [-0.39, 0.29) is 22.0 Å². The van der Waals surface area contributed by atoms with Crippen LogP contribution in [0.4, 0.5) is 11.4 Å². The molecule has 29 heavy (non-hydrogen) atoms. The van der Waals surface area contributed by atoms with E-state index in [1.165, 1.54) is 18.3 Å². The van der Waals surface area contributed by atoms with Crippen molar-refractivity contribution in [3.8, 4) is 17.6 Å². The van der Waals surface area contributed by atoms with Crippen LogP contribution in [-0.2, 0) is 4.79 Å². The van der Waals surface area contributed by atoms with E-state index < -0.39 is 10.8 Å². The van der Waals surface area contributed by atoms with Crippen molar-refractivity contribution in [3.05, 3.63) is 69.4 Å². The molecule has 0 aromatic heterocycles. The molecule has 9 nitrogen and oxygen atoms in total. The van der Waals surface area contributed by atoms with E-state index in [4.69, 9.17) is 26.3 Å². The Hall–Kier alpha value is -3.77. The highest BCUT2D eigenvalue weighted by Gasteiger charge is 2.14. The second-order valence-corrected chi connectivity index (χ2v) is 5.93. The van der Waals surface area contributed by atoms with Crippen LogP contribution in [0.2, 0.25) is 5.02 Å². The van der Waals surface area contributed by atoms with E-state index >= 15 is 0 Å². The molecule has 0 fully saturated rings. The van der Waals surface area contributed by atoms with Gasteiger partial charge in [0.15, 0.2) is 0 Å². The Bertz CT molecular complexity index is 954. The molecule has 150 valence electrons. The Labute approximate surface area is 171 Å². The van der Waals surface area contributed by atoms with Gasteiger partial charge in [0, 0.05) is 24.9 Å². The molecule has 2 aromatic carbocycles. The lowest BCUT2D eigenvalue weighted by atomic mass is 10.2. The van der Waals surface area contributed by atoms with E-state index in [0.717, 1.165) is 6.07 Å². The third-order valence-electron chi connectivity index (χ3n) is 3.60. The molecule has 0 spiro atoms. The highest BCUT2D eigenvalue weighted by molar-refractivity contribution is 6.34. The quantitative estimate of drug-likeness (QED) is 0.211. The second kappa shape index (κ2) is 10.5. The first kappa shape index (κ1) is 21.5. The third kappa shape index (κ3) is 6.41. The molecule has 0 atom stereocenters. The molecule has 1 amide bonds. The Morgan fingerprint density at radius 2 is 1.97 bits per heavy atom. The van der Waals surface area contributed by atoms with Gasteiger partial charge in [0.25, 0.3) is 11.6 Å². The fourth-order valence-electron chi connectivity index (χ4n) is 2.13. The summed E-state index contributed by atoms with van der Waals surface area (Å²) in [6, 6.07) is 12.4. The predicted molar refractivity (Wildman–Crippen MR) is 107 cm³/mol. The SMILES string of the molecule is COc1ccc(OCCN/C=C(/C#N)C(=O)Nc2cc([N+](=O)[O-])ccc2Cl)cc1. The van der Waals surface area contributed by atoms with E-state index in [9.17, 15) is 14.9 Å². The molecule has 0 saturated heterocycles. The van der Waals surface area contributed by atoms with Gasteiger partial charge in [-0.2, -0.15) is 5.26 Å². The number of nitro groups is 1. The zero-order valence-corrected chi connectivity index (χ0v) is 16.1. The largest absolute Gasteiger partial charge is 0.497 e. The smallest absolute Gasteiger partial charge is 0.271 e. The van der Waals surface area contributed by atoms with Crippen molar-refractivity contribution in [2.24, 2.45) is 0 Å². The van der Waals surface area contributed by atoms with Crippen molar-refractivity contribution in [3.63, 3.8) is 0 Å². The number of nitrogens with one attached hydrogen (secondary N) is 2. The number of hydrogen-bond acceptors (Lipinski definition) is 7. The number of hydrogen-bond donors (Lipinski definition) is 2. The predicted octanol–water partition coefficient (Wildman–Crippen LogP) is 3.27. The third-order valence-corrected chi connectivity index (χ3v) is 3.92. The van der Waals surface area contributed by atoms with Crippen molar-refractivity contribution >= 4 is 28.9 Å². The lowest BCUT2D eigenvalue weighted by Gasteiger charge is -2.08. The molecule has 0 heterocycles. The van der Waals surface area contributed by atoms with Crippen LogP contribution < -0.4 is 20.1 Å². The number of halogens is 1. The summed E-state index contributed by atoms with van der Waals surface area (Å²) in [7, 11) is 1.57. The molecule has 0 unspecified atom stereocenters. The molecular formula is C19H17ClN4O5. The highest BCUT2D eigenvalue weighted by Crippen LogP contribution is 2.27. The van der Waals surface area contributed by atoms with Gasteiger partial charge in [-0.3, -0.25) is 14.9 Å². The minimum atomic E-state index is -0.751. The zero-order valence-electron chi connectivity index (χ0n) is 15.3.